The number of aromatic nitrogens is 2. The molecule has 4 rings (SSSR count). The zero-order chi connectivity index (χ0) is 19.6. The third-order valence-corrected chi connectivity index (χ3v) is 6.46. The Balaban J connectivity index is 1.26. The zero-order valence-corrected chi connectivity index (χ0v) is 16.7. The van der Waals surface area contributed by atoms with Crippen molar-refractivity contribution in [2.45, 2.75) is 44.6 Å². The molecule has 8 nitrogen and oxygen atoms in total. The van der Waals surface area contributed by atoms with E-state index in [9.17, 15) is 9.59 Å². The molecule has 28 heavy (non-hydrogen) atoms. The number of carbonyl (C=O) groups is 2. The van der Waals surface area contributed by atoms with Crippen LogP contribution in [0.25, 0.3) is 0 Å². The molecule has 1 N–H and O–H groups in total. The van der Waals surface area contributed by atoms with Gasteiger partial charge < -0.3 is 15.0 Å². The van der Waals surface area contributed by atoms with Gasteiger partial charge in [0.1, 0.15) is 0 Å². The Bertz CT molecular complexity index is 704. The van der Waals surface area contributed by atoms with Crippen molar-refractivity contribution in [1.82, 2.24) is 19.6 Å². The maximum Gasteiger partial charge on any atom is 0.239 e. The van der Waals surface area contributed by atoms with E-state index in [-0.39, 0.29) is 23.3 Å². The van der Waals surface area contributed by atoms with Crippen molar-refractivity contribution < 1.29 is 14.3 Å². The van der Waals surface area contributed by atoms with Crippen LogP contribution in [0.3, 0.4) is 0 Å². The van der Waals surface area contributed by atoms with Gasteiger partial charge >= 0.3 is 0 Å². The average molecular weight is 390 g/mol. The number of amides is 2. The quantitative estimate of drug-likeness (QED) is 0.820. The van der Waals surface area contributed by atoms with Gasteiger partial charge in [0.05, 0.1) is 12.6 Å². The highest BCUT2D eigenvalue weighted by molar-refractivity contribution is 5.91. The molecule has 0 saturated carbocycles. The van der Waals surface area contributed by atoms with E-state index in [1.165, 1.54) is 0 Å². The number of nitrogens with one attached hydrogen (secondary N) is 1. The number of nitrogens with zero attached hydrogens (tertiary/aromatic N) is 4. The van der Waals surface area contributed by atoms with Crippen LogP contribution >= 0.6 is 0 Å². The summed E-state index contributed by atoms with van der Waals surface area (Å²) in [6.07, 6.45) is 7.90. The van der Waals surface area contributed by atoms with Gasteiger partial charge in [0.2, 0.25) is 11.8 Å². The molecular formula is C20H31N5O3. The summed E-state index contributed by atoms with van der Waals surface area (Å²) in [7, 11) is 1.83. The molecule has 3 aliphatic rings. The van der Waals surface area contributed by atoms with Crippen LogP contribution in [0.5, 0.6) is 0 Å². The standard InChI is InChI=1S/C20H31N5O3/c1-23-9-5-17(22-23)21-18(26)14-24-10-7-20(8-11-24)6-4-19(27)25(15-20)13-16-3-2-12-28-16/h5,9,16H,2-4,6-8,10-15H2,1H3,(H,21,22,26)/t16-/m0/s1. The number of carbonyl (C=O) groups excluding carboxylic acids is 2. The minimum atomic E-state index is -0.0199. The molecule has 4 heterocycles. The molecule has 3 saturated heterocycles. The summed E-state index contributed by atoms with van der Waals surface area (Å²) in [6, 6.07) is 1.80. The van der Waals surface area contributed by atoms with Crippen molar-refractivity contribution in [3.8, 4) is 0 Å². The summed E-state index contributed by atoms with van der Waals surface area (Å²) in [6.45, 7) is 4.62. The van der Waals surface area contributed by atoms with Crippen molar-refractivity contribution in [1.29, 1.82) is 0 Å². The molecule has 2 amide bonds. The summed E-state index contributed by atoms with van der Waals surface area (Å²) in [5.41, 5.74) is 0.209. The van der Waals surface area contributed by atoms with E-state index in [0.29, 0.717) is 18.8 Å². The molecule has 0 unspecified atom stereocenters. The number of rotatable bonds is 5. The third kappa shape index (κ3) is 4.55. The fourth-order valence-electron chi connectivity index (χ4n) is 4.76. The Hall–Kier alpha value is -1.93. The molecule has 1 aromatic heterocycles. The Labute approximate surface area is 166 Å². The summed E-state index contributed by atoms with van der Waals surface area (Å²) in [5, 5.41) is 7.04. The van der Waals surface area contributed by atoms with Crippen molar-refractivity contribution in [3.05, 3.63) is 12.3 Å². The van der Waals surface area contributed by atoms with Gasteiger partial charge in [-0.25, -0.2) is 0 Å². The predicted molar refractivity (Wildman–Crippen MR) is 105 cm³/mol. The largest absolute Gasteiger partial charge is 0.376 e. The van der Waals surface area contributed by atoms with E-state index in [1.54, 1.807) is 10.7 Å². The van der Waals surface area contributed by atoms with Crippen molar-refractivity contribution in [3.63, 3.8) is 0 Å². The fraction of sp³-hybridized carbons (Fsp3) is 0.750. The summed E-state index contributed by atoms with van der Waals surface area (Å²) < 4.78 is 7.41. The summed E-state index contributed by atoms with van der Waals surface area (Å²) in [5.74, 6) is 0.850. The van der Waals surface area contributed by atoms with Gasteiger partial charge in [-0.1, -0.05) is 0 Å². The minimum Gasteiger partial charge on any atom is -0.376 e. The lowest BCUT2D eigenvalue weighted by molar-refractivity contribution is -0.141. The van der Waals surface area contributed by atoms with Gasteiger partial charge in [-0.2, -0.15) is 5.10 Å². The second-order valence-corrected chi connectivity index (χ2v) is 8.61. The van der Waals surface area contributed by atoms with Gasteiger partial charge in [0, 0.05) is 45.4 Å². The SMILES string of the molecule is Cn1ccc(NC(=O)CN2CCC3(CCC(=O)N(C[C@@H]4CCCO4)C3)CC2)n1. The first-order chi connectivity index (χ1) is 13.5. The van der Waals surface area contributed by atoms with Gasteiger partial charge in [-0.05, 0) is 50.6 Å². The zero-order valence-electron chi connectivity index (χ0n) is 16.7. The Morgan fingerprint density at radius 2 is 2.18 bits per heavy atom. The number of ether oxygens (including phenoxy) is 1. The molecule has 154 valence electrons. The predicted octanol–water partition coefficient (Wildman–Crippen LogP) is 1.24. The van der Waals surface area contributed by atoms with Crippen LogP contribution < -0.4 is 5.32 Å². The first-order valence-corrected chi connectivity index (χ1v) is 10.4. The first kappa shape index (κ1) is 19.4. The van der Waals surface area contributed by atoms with Crippen LogP contribution in [-0.4, -0.2) is 76.8 Å². The molecule has 3 aliphatic heterocycles. The van der Waals surface area contributed by atoms with Crippen LogP contribution in [0.15, 0.2) is 12.3 Å². The smallest absolute Gasteiger partial charge is 0.239 e. The van der Waals surface area contributed by atoms with Crippen LogP contribution in [0.2, 0.25) is 0 Å². The van der Waals surface area contributed by atoms with Crippen LogP contribution in [-0.2, 0) is 21.4 Å². The molecule has 0 radical (unpaired) electrons. The third-order valence-electron chi connectivity index (χ3n) is 6.46. The lowest BCUT2D eigenvalue weighted by Gasteiger charge is -2.47. The van der Waals surface area contributed by atoms with Gasteiger partial charge in [0.15, 0.2) is 5.82 Å². The normalized spacial score (nSPS) is 25.4. The second kappa shape index (κ2) is 8.21. The van der Waals surface area contributed by atoms with E-state index in [2.05, 4.69) is 15.3 Å². The monoisotopic (exact) mass is 389 g/mol. The number of anilines is 1. The average Bonchev–Trinajstić information content (AvgIpc) is 3.32. The molecule has 1 atom stereocenters. The molecule has 0 aromatic carbocycles. The van der Waals surface area contributed by atoms with E-state index in [1.807, 2.05) is 18.1 Å². The van der Waals surface area contributed by atoms with Crippen LogP contribution in [0, 0.1) is 5.41 Å². The Morgan fingerprint density at radius 1 is 1.36 bits per heavy atom. The Morgan fingerprint density at radius 3 is 2.86 bits per heavy atom. The van der Waals surface area contributed by atoms with Crippen molar-refractivity contribution >= 4 is 17.6 Å². The number of hydrogen-bond donors (Lipinski definition) is 1. The first-order valence-electron chi connectivity index (χ1n) is 10.4. The number of piperidine rings is 2. The molecule has 0 aliphatic carbocycles. The lowest BCUT2D eigenvalue weighted by Crippen LogP contribution is -2.53. The van der Waals surface area contributed by atoms with Gasteiger partial charge in [-0.15, -0.1) is 0 Å². The maximum atomic E-state index is 12.4. The topological polar surface area (TPSA) is 79.7 Å². The van der Waals surface area contributed by atoms with E-state index in [0.717, 1.165) is 64.9 Å². The van der Waals surface area contributed by atoms with E-state index < -0.39 is 0 Å². The highest BCUT2D eigenvalue weighted by Crippen LogP contribution is 2.40. The fourth-order valence-corrected chi connectivity index (χ4v) is 4.76. The number of hydrogen-bond acceptors (Lipinski definition) is 5. The lowest BCUT2D eigenvalue weighted by atomic mass is 9.72. The second-order valence-electron chi connectivity index (χ2n) is 8.61. The van der Waals surface area contributed by atoms with Crippen molar-refractivity contribution in [2.75, 3.05) is 44.6 Å². The summed E-state index contributed by atoms with van der Waals surface area (Å²) >= 11 is 0. The number of aryl methyl sites for hydroxylation is 1. The van der Waals surface area contributed by atoms with E-state index in [4.69, 9.17) is 4.74 Å². The molecule has 0 bridgehead atoms. The van der Waals surface area contributed by atoms with Crippen molar-refractivity contribution in [2.24, 2.45) is 12.5 Å². The highest BCUT2D eigenvalue weighted by atomic mass is 16.5. The van der Waals surface area contributed by atoms with Gasteiger partial charge in [0.25, 0.3) is 0 Å². The molecule has 1 aromatic rings. The maximum absolute atomic E-state index is 12.4. The molecule has 1 spiro atoms. The highest BCUT2D eigenvalue weighted by Gasteiger charge is 2.41. The summed E-state index contributed by atoms with van der Waals surface area (Å²) in [4.78, 5) is 28.9. The van der Waals surface area contributed by atoms with Crippen LogP contribution in [0.1, 0.15) is 38.5 Å². The van der Waals surface area contributed by atoms with E-state index >= 15 is 0 Å². The molecule has 8 heteroatoms. The number of likely N-dealkylation sites (tertiary alicyclic amines) is 2. The molecule has 3 fully saturated rings. The van der Waals surface area contributed by atoms with Gasteiger partial charge in [-0.3, -0.25) is 19.2 Å². The Kier molecular flexibility index (Phi) is 5.68. The molecular weight excluding hydrogens is 358 g/mol. The van der Waals surface area contributed by atoms with Crippen LogP contribution in [0.4, 0.5) is 5.82 Å². The minimum absolute atomic E-state index is 0.0199.